The lowest BCUT2D eigenvalue weighted by molar-refractivity contribution is -0.177. The first kappa shape index (κ1) is 26.7. The second-order valence-electron chi connectivity index (χ2n) is 6.37. The van der Waals surface area contributed by atoms with Gasteiger partial charge in [0, 0.05) is 0 Å². The van der Waals surface area contributed by atoms with Gasteiger partial charge in [0.25, 0.3) is 0 Å². The van der Waals surface area contributed by atoms with Gasteiger partial charge in [-0.25, -0.2) is 9.59 Å². The number of hydrogen-bond acceptors (Lipinski definition) is 10. The summed E-state index contributed by atoms with van der Waals surface area (Å²) in [5.41, 5.74) is -5.84. The van der Waals surface area contributed by atoms with Crippen LogP contribution in [0.1, 0.15) is 39.0 Å². The van der Waals surface area contributed by atoms with E-state index in [1.54, 1.807) is 0 Å². The Kier molecular flexibility index (Phi) is 9.86. The molecular weight excluding hydrogens is 416 g/mol. The van der Waals surface area contributed by atoms with Crippen molar-refractivity contribution in [3.63, 3.8) is 0 Å². The second kappa shape index (κ2) is 11.1. The van der Waals surface area contributed by atoms with Crippen molar-refractivity contribution in [2.75, 3.05) is 6.61 Å². The quantitative estimate of drug-likeness (QED) is 0.164. The second-order valence-corrected chi connectivity index (χ2v) is 6.37. The van der Waals surface area contributed by atoms with E-state index in [0.717, 1.165) is 0 Å². The Bertz CT molecular complexity index is 700. The van der Waals surface area contributed by atoms with E-state index < -0.39 is 85.4 Å². The number of rotatable bonds is 14. The maximum absolute atomic E-state index is 11.8. The van der Waals surface area contributed by atoms with E-state index in [0.29, 0.717) is 0 Å². The fourth-order valence-corrected chi connectivity index (χ4v) is 2.11. The summed E-state index contributed by atoms with van der Waals surface area (Å²) in [5.74, 6) is -9.92. The maximum Gasteiger partial charge on any atom is 0.336 e. The smallest absolute Gasteiger partial charge is 0.336 e. The van der Waals surface area contributed by atoms with Gasteiger partial charge in [-0.1, -0.05) is 6.92 Å². The maximum atomic E-state index is 11.8. The van der Waals surface area contributed by atoms with Crippen molar-refractivity contribution in [2.24, 2.45) is 0 Å². The van der Waals surface area contributed by atoms with Gasteiger partial charge in [-0.3, -0.25) is 19.2 Å². The fraction of sp³-hybridized carbons (Fsp3) is 0.625. The van der Waals surface area contributed by atoms with Crippen LogP contribution < -0.4 is 0 Å². The van der Waals surface area contributed by atoms with Crippen LogP contribution >= 0.6 is 0 Å². The number of carbonyl (C=O) groups excluding carboxylic acids is 2. The highest BCUT2D eigenvalue weighted by Crippen LogP contribution is 2.19. The zero-order valence-electron chi connectivity index (χ0n) is 15.8. The molecule has 6 N–H and O–H groups in total. The normalized spacial score (nSPS) is 15.7. The molecule has 0 radical (unpaired) electrons. The Morgan fingerprint density at radius 1 is 0.733 bits per heavy atom. The number of aliphatic hydroxyl groups is 2. The van der Waals surface area contributed by atoms with Crippen LogP contribution in [-0.4, -0.2) is 90.4 Å². The molecule has 0 aromatic heterocycles. The predicted octanol–water partition coefficient (Wildman–Crippen LogP) is -1.79. The number of esters is 2. The van der Waals surface area contributed by atoms with Crippen LogP contribution in [-0.2, 0) is 38.2 Å². The highest BCUT2D eigenvalue weighted by atomic mass is 16.6. The molecule has 0 bridgehead atoms. The molecule has 0 rings (SSSR count). The van der Waals surface area contributed by atoms with Crippen molar-refractivity contribution < 1.29 is 68.9 Å². The molecule has 14 nitrogen and oxygen atoms in total. The number of carboxylic acid groups (broad SMARTS) is 4. The van der Waals surface area contributed by atoms with Gasteiger partial charge in [0.05, 0.1) is 25.7 Å². The molecule has 0 aliphatic carbocycles. The zero-order valence-corrected chi connectivity index (χ0v) is 15.8. The standard InChI is InChI=1S/C16H22O14/c1-2-8(30-12(22)6-16(28,14(25)26)4-10(19)20)7-29-11(21)5-15(27,13(23)24)3-9(17)18/h8,27-28H,2-7H2,1H3,(H,17,18)(H,19,20)(H,23,24)(H,25,26). The molecular formula is C16H22O14. The number of aliphatic carboxylic acids is 4. The number of carboxylic acids is 4. The third-order valence-corrected chi connectivity index (χ3v) is 3.74. The minimum atomic E-state index is -2.92. The highest BCUT2D eigenvalue weighted by molar-refractivity contribution is 5.89. The molecule has 0 saturated heterocycles. The van der Waals surface area contributed by atoms with E-state index in [1.165, 1.54) is 6.92 Å². The molecule has 0 amide bonds. The minimum absolute atomic E-state index is 0.0156. The molecule has 0 aliphatic heterocycles. The number of hydrogen-bond donors (Lipinski definition) is 6. The van der Waals surface area contributed by atoms with Gasteiger partial charge in [0.1, 0.15) is 12.7 Å². The summed E-state index contributed by atoms with van der Waals surface area (Å²) in [6, 6.07) is 0. The fourth-order valence-electron chi connectivity index (χ4n) is 2.11. The molecule has 0 aliphatic rings. The predicted molar refractivity (Wildman–Crippen MR) is 90.0 cm³/mol. The molecule has 3 unspecified atom stereocenters. The largest absolute Gasteiger partial charge is 0.481 e. The van der Waals surface area contributed by atoms with E-state index in [-0.39, 0.29) is 6.42 Å². The van der Waals surface area contributed by atoms with Crippen molar-refractivity contribution in [3.05, 3.63) is 0 Å². The molecule has 0 aromatic carbocycles. The summed E-state index contributed by atoms with van der Waals surface area (Å²) >= 11 is 0. The van der Waals surface area contributed by atoms with Crippen LogP contribution in [0.4, 0.5) is 0 Å². The van der Waals surface area contributed by atoms with Crippen molar-refractivity contribution in [3.8, 4) is 0 Å². The molecule has 0 fully saturated rings. The first-order chi connectivity index (χ1) is 13.6. The average molecular weight is 438 g/mol. The van der Waals surface area contributed by atoms with E-state index >= 15 is 0 Å². The SMILES string of the molecule is CCC(COC(=O)CC(O)(CC(=O)O)C(=O)O)OC(=O)CC(O)(CC(=O)O)C(=O)O. The Morgan fingerprint density at radius 2 is 1.13 bits per heavy atom. The molecule has 0 saturated carbocycles. The molecule has 0 spiro atoms. The van der Waals surface area contributed by atoms with Gasteiger partial charge in [-0.2, -0.15) is 0 Å². The van der Waals surface area contributed by atoms with E-state index in [9.17, 15) is 39.0 Å². The molecule has 0 aromatic rings. The topological polar surface area (TPSA) is 242 Å². The van der Waals surface area contributed by atoms with Crippen molar-refractivity contribution in [1.29, 1.82) is 0 Å². The lowest BCUT2D eigenvalue weighted by Gasteiger charge is -2.23. The van der Waals surface area contributed by atoms with Crippen LogP contribution in [0.3, 0.4) is 0 Å². The monoisotopic (exact) mass is 438 g/mol. The lowest BCUT2D eigenvalue weighted by Crippen LogP contribution is -2.44. The minimum Gasteiger partial charge on any atom is -0.481 e. The van der Waals surface area contributed by atoms with E-state index in [2.05, 4.69) is 4.74 Å². The van der Waals surface area contributed by atoms with E-state index in [1.807, 2.05) is 0 Å². The highest BCUT2D eigenvalue weighted by Gasteiger charge is 2.43. The molecule has 3 atom stereocenters. The zero-order chi connectivity index (χ0) is 23.7. The van der Waals surface area contributed by atoms with Gasteiger partial charge < -0.3 is 40.1 Å². The Morgan fingerprint density at radius 3 is 1.47 bits per heavy atom. The number of ether oxygens (including phenoxy) is 2. The average Bonchev–Trinajstić information content (AvgIpc) is 2.56. The summed E-state index contributed by atoms with van der Waals surface area (Å²) in [4.78, 5) is 66.9. The van der Waals surface area contributed by atoms with Crippen LogP contribution in [0.25, 0.3) is 0 Å². The third kappa shape index (κ3) is 8.83. The Hall–Kier alpha value is -3.26. The summed E-state index contributed by atoms with van der Waals surface area (Å²) in [6.07, 6.45) is -6.14. The summed E-state index contributed by atoms with van der Waals surface area (Å²) < 4.78 is 9.47. The summed E-state index contributed by atoms with van der Waals surface area (Å²) in [6.45, 7) is 0.804. The summed E-state index contributed by atoms with van der Waals surface area (Å²) in [7, 11) is 0. The Balaban J connectivity index is 4.90. The van der Waals surface area contributed by atoms with Crippen LogP contribution in [0.15, 0.2) is 0 Å². The van der Waals surface area contributed by atoms with Crippen molar-refractivity contribution in [2.45, 2.75) is 56.3 Å². The molecule has 0 heterocycles. The lowest BCUT2D eigenvalue weighted by atomic mass is 9.96. The third-order valence-electron chi connectivity index (χ3n) is 3.74. The first-order valence-corrected chi connectivity index (χ1v) is 8.35. The molecule has 170 valence electrons. The first-order valence-electron chi connectivity index (χ1n) is 8.35. The summed E-state index contributed by atoms with van der Waals surface area (Å²) in [5, 5.41) is 54.6. The molecule has 30 heavy (non-hydrogen) atoms. The van der Waals surface area contributed by atoms with Gasteiger partial charge >= 0.3 is 35.8 Å². The molecule has 14 heteroatoms. The van der Waals surface area contributed by atoms with Gasteiger partial charge in [-0.15, -0.1) is 0 Å². The van der Waals surface area contributed by atoms with Gasteiger partial charge in [0.2, 0.25) is 0 Å². The Labute approximate surface area is 168 Å². The van der Waals surface area contributed by atoms with Crippen LogP contribution in [0, 0.1) is 0 Å². The van der Waals surface area contributed by atoms with Crippen LogP contribution in [0.5, 0.6) is 0 Å². The van der Waals surface area contributed by atoms with Crippen molar-refractivity contribution in [1.82, 2.24) is 0 Å². The van der Waals surface area contributed by atoms with Crippen LogP contribution in [0.2, 0.25) is 0 Å². The number of carbonyl (C=O) groups is 6. The van der Waals surface area contributed by atoms with Gasteiger partial charge in [-0.05, 0) is 6.42 Å². The van der Waals surface area contributed by atoms with E-state index in [4.69, 9.17) is 25.2 Å². The van der Waals surface area contributed by atoms with Crippen molar-refractivity contribution >= 4 is 35.8 Å². The van der Waals surface area contributed by atoms with Gasteiger partial charge in [0.15, 0.2) is 11.2 Å².